The lowest BCUT2D eigenvalue weighted by Gasteiger charge is -2.23. The zero-order valence-electron chi connectivity index (χ0n) is 14.8. The van der Waals surface area contributed by atoms with Crippen molar-refractivity contribution >= 4 is 22.6 Å². The molecule has 4 nitrogen and oxygen atoms in total. The number of aliphatic hydroxyl groups is 1. The number of amides is 1. The molecule has 0 aliphatic carbocycles. The maximum Gasteiger partial charge on any atom is 0.412 e. The van der Waals surface area contributed by atoms with Gasteiger partial charge in [0.2, 0.25) is 0 Å². The standard InChI is InChI=1S/C21H25NO3/c1-5-21(4,24)14-13-19(15(2)3)25-20(23)22-18-12-8-10-16-9-6-7-11-17(16)18/h5-12,19,24H,1-2,13-14H2,3-4H3,(H,22,23)/t19-,21+/m1/s1. The number of carbonyl (C=O) groups is 1. The SMILES string of the molecule is C=C[C@](C)(O)CC[C@@H](OC(=O)Nc1cccc2ccccc12)C(=C)C. The number of anilines is 1. The molecule has 132 valence electrons. The molecule has 2 rings (SSSR count). The van der Waals surface area contributed by atoms with Crippen LogP contribution in [0.4, 0.5) is 10.5 Å². The van der Waals surface area contributed by atoms with E-state index < -0.39 is 17.8 Å². The average molecular weight is 339 g/mol. The van der Waals surface area contributed by atoms with Gasteiger partial charge in [0.1, 0.15) is 6.10 Å². The maximum absolute atomic E-state index is 12.3. The third-order valence-electron chi connectivity index (χ3n) is 4.18. The number of hydrogen-bond acceptors (Lipinski definition) is 3. The van der Waals surface area contributed by atoms with Gasteiger partial charge in [-0.05, 0) is 43.7 Å². The van der Waals surface area contributed by atoms with Crippen molar-refractivity contribution in [2.45, 2.75) is 38.4 Å². The van der Waals surface area contributed by atoms with E-state index in [9.17, 15) is 9.90 Å². The van der Waals surface area contributed by atoms with Crippen molar-refractivity contribution in [3.63, 3.8) is 0 Å². The van der Waals surface area contributed by atoms with E-state index in [0.29, 0.717) is 18.5 Å². The van der Waals surface area contributed by atoms with E-state index in [1.54, 1.807) is 13.8 Å². The van der Waals surface area contributed by atoms with Crippen LogP contribution in [0.3, 0.4) is 0 Å². The average Bonchev–Trinajstić information content (AvgIpc) is 2.58. The highest BCUT2D eigenvalue weighted by Gasteiger charge is 2.22. The highest BCUT2D eigenvalue weighted by Crippen LogP contribution is 2.24. The third-order valence-corrected chi connectivity index (χ3v) is 4.18. The normalized spacial score (nSPS) is 14.4. The van der Waals surface area contributed by atoms with Crippen LogP contribution in [0, 0.1) is 0 Å². The Hall–Kier alpha value is -2.59. The van der Waals surface area contributed by atoms with Crippen LogP contribution in [0.15, 0.2) is 67.3 Å². The Morgan fingerprint density at radius 1 is 1.32 bits per heavy atom. The molecule has 2 aromatic rings. The van der Waals surface area contributed by atoms with Gasteiger partial charge in [-0.15, -0.1) is 6.58 Å². The summed E-state index contributed by atoms with van der Waals surface area (Å²) in [7, 11) is 0. The van der Waals surface area contributed by atoms with Crippen molar-refractivity contribution in [2.75, 3.05) is 5.32 Å². The summed E-state index contributed by atoms with van der Waals surface area (Å²) < 4.78 is 5.51. The number of fused-ring (bicyclic) bond motifs is 1. The van der Waals surface area contributed by atoms with E-state index in [0.717, 1.165) is 16.3 Å². The van der Waals surface area contributed by atoms with Crippen molar-refractivity contribution in [3.05, 3.63) is 67.3 Å². The Kier molecular flexibility index (Phi) is 5.99. The highest BCUT2D eigenvalue weighted by molar-refractivity contribution is 6.00. The molecule has 0 spiro atoms. The molecular formula is C21H25NO3. The van der Waals surface area contributed by atoms with E-state index >= 15 is 0 Å². The first-order chi connectivity index (χ1) is 11.8. The van der Waals surface area contributed by atoms with Crippen LogP contribution in [-0.2, 0) is 4.74 Å². The van der Waals surface area contributed by atoms with Crippen molar-refractivity contribution in [2.24, 2.45) is 0 Å². The van der Waals surface area contributed by atoms with Gasteiger partial charge in [0.05, 0.1) is 11.3 Å². The van der Waals surface area contributed by atoms with Gasteiger partial charge in [-0.3, -0.25) is 5.32 Å². The van der Waals surface area contributed by atoms with Crippen LogP contribution >= 0.6 is 0 Å². The van der Waals surface area contributed by atoms with Crippen molar-refractivity contribution in [1.82, 2.24) is 0 Å². The first-order valence-electron chi connectivity index (χ1n) is 8.29. The Morgan fingerprint density at radius 3 is 2.68 bits per heavy atom. The van der Waals surface area contributed by atoms with Crippen LogP contribution < -0.4 is 5.32 Å². The fraction of sp³-hybridized carbons (Fsp3) is 0.286. The second kappa shape index (κ2) is 7.99. The van der Waals surface area contributed by atoms with Gasteiger partial charge in [-0.1, -0.05) is 49.1 Å². The zero-order valence-corrected chi connectivity index (χ0v) is 14.8. The molecular weight excluding hydrogens is 314 g/mol. The van der Waals surface area contributed by atoms with Gasteiger partial charge in [-0.2, -0.15) is 0 Å². The summed E-state index contributed by atoms with van der Waals surface area (Å²) in [6.07, 6.45) is 1.37. The lowest BCUT2D eigenvalue weighted by Crippen LogP contribution is -2.27. The minimum Gasteiger partial charge on any atom is -0.441 e. The molecule has 2 aromatic carbocycles. The van der Waals surface area contributed by atoms with Gasteiger partial charge in [-0.25, -0.2) is 4.79 Å². The summed E-state index contributed by atoms with van der Waals surface area (Å²) in [6.45, 7) is 11.0. The molecule has 4 heteroatoms. The first kappa shape index (κ1) is 18.7. The molecule has 25 heavy (non-hydrogen) atoms. The fourth-order valence-electron chi connectivity index (χ4n) is 2.53. The number of carbonyl (C=O) groups excluding carboxylic acids is 1. The Bertz CT molecular complexity index is 774. The third kappa shape index (κ3) is 5.19. The van der Waals surface area contributed by atoms with Crippen molar-refractivity contribution in [1.29, 1.82) is 0 Å². The summed E-state index contributed by atoms with van der Waals surface area (Å²) >= 11 is 0. The quantitative estimate of drug-likeness (QED) is 0.694. The monoisotopic (exact) mass is 339 g/mol. The zero-order chi connectivity index (χ0) is 18.4. The molecule has 0 saturated carbocycles. The minimum absolute atomic E-state index is 0.426. The number of nitrogens with one attached hydrogen (secondary N) is 1. The number of hydrogen-bond donors (Lipinski definition) is 2. The summed E-state index contributed by atoms with van der Waals surface area (Å²) in [4.78, 5) is 12.3. The maximum atomic E-state index is 12.3. The number of benzene rings is 2. The fourth-order valence-corrected chi connectivity index (χ4v) is 2.53. The van der Waals surface area contributed by atoms with Crippen molar-refractivity contribution in [3.8, 4) is 0 Å². The largest absolute Gasteiger partial charge is 0.441 e. The Labute approximate surface area is 148 Å². The van der Waals surface area contributed by atoms with Gasteiger partial charge in [0.25, 0.3) is 0 Å². The molecule has 0 radical (unpaired) electrons. The van der Waals surface area contributed by atoms with E-state index in [1.165, 1.54) is 6.08 Å². The molecule has 0 aromatic heterocycles. The Morgan fingerprint density at radius 2 is 2.00 bits per heavy atom. The molecule has 0 heterocycles. The predicted molar refractivity (Wildman–Crippen MR) is 103 cm³/mol. The van der Waals surface area contributed by atoms with Crippen LogP contribution in [-0.4, -0.2) is 22.9 Å². The molecule has 0 fully saturated rings. The number of rotatable bonds is 7. The van der Waals surface area contributed by atoms with Crippen LogP contribution in [0.2, 0.25) is 0 Å². The topological polar surface area (TPSA) is 58.6 Å². The van der Waals surface area contributed by atoms with Gasteiger partial charge in [0, 0.05) is 5.39 Å². The van der Waals surface area contributed by atoms with Crippen molar-refractivity contribution < 1.29 is 14.6 Å². The molecule has 0 saturated heterocycles. The Balaban J connectivity index is 2.06. The first-order valence-corrected chi connectivity index (χ1v) is 8.29. The molecule has 2 N–H and O–H groups in total. The van der Waals surface area contributed by atoms with Crippen LogP contribution in [0.25, 0.3) is 10.8 Å². The summed E-state index contributed by atoms with van der Waals surface area (Å²) in [6, 6.07) is 13.5. The lowest BCUT2D eigenvalue weighted by atomic mass is 9.96. The molecule has 0 unspecified atom stereocenters. The second-order valence-corrected chi connectivity index (χ2v) is 6.49. The number of ether oxygens (including phenoxy) is 1. The van der Waals surface area contributed by atoms with Gasteiger partial charge < -0.3 is 9.84 Å². The van der Waals surface area contributed by atoms with E-state index in [1.807, 2.05) is 42.5 Å². The molecule has 0 aliphatic rings. The van der Waals surface area contributed by atoms with E-state index in [-0.39, 0.29) is 0 Å². The lowest BCUT2D eigenvalue weighted by molar-refractivity contribution is 0.0722. The molecule has 1 amide bonds. The smallest absolute Gasteiger partial charge is 0.412 e. The predicted octanol–water partition coefficient (Wildman–Crippen LogP) is 5.05. The second-order valence-electron chi connectivity index (χ2n) is 6.49. The molecule has 0 aliphatic heterocycles. The van der Waals surface area contributed by atoms with Crippen LogP contribution in [0.5, 0.6) is 0 Å². The highest BCUT2D eigenvalue weighted by atomic mass is 16.6. The molecule has 2 atom stereocenters. The summed E-state index contributed by atoms with van der Waals surface area (Å²) in [5.41, 5.74) is 0.429. The van der Waals surface area contributed by atoms with Gasteiger partial charge >= 0.3 is 6.09 Å². The summed E-state index contributed by atoms with van der Waals surface area (Å²) in [5.74, 6) is 0. The van der Waals surface area contributed by atoms with E-state index in [4.69, 9.17) is 4.74 Å². The molecule has 0 bridgehead atoms. The minimum atomic E-state index is -0.997. The summed E-state index contributed by atoms with van der Waals surface area (Å²) in [5, 5.41) is 14.8. The van der Waals surface area contributed by atoms with E-state index in [2.05, 4.69) is 18.5 Å². The van der Waals surface area contributed by atoms with Gasteiger partial charge in [0.15, 0.2) is 0 Å². The van der Waals surface area contributed by atoms with Crippen LogP contribution in [0.1, 0.15) is 26.7 Å².